The van der Waals surface area contributed by atoms with Gasteiger partial charge in [0.15, 0.2) is 0 Å². The molecule has 0 aliphatic heterocycles. The topological polar surface area (TPSA) is 58.6 Å². The number of rotatable bonds is 2. The number of carbonyl (C=O) groups is 1. The largest absolute Gasteiger partial charge is 0.444 e. The van der Waals surface area contributed by atoms with Crippen LogP contribution in [0.1, 0.15) is 50.3 Å². The molecule has 0 heterocycles. The molecular formula is C16H23NO3. The maximum absolute atomic E-state index is 11.9. The van der Waals surface area contributed by atoms with Gasteiger partial charge in [0.25, 0.3) is 0 Å². The van der Waals surface area contributed by atoms with Crippen LogP contribution in [0.5, 0.6) is 0 Å². The molecule has 0 spiro atoms. The molecule has 0 saturated heterocycles. The summed E-state index contributed by atoms with van der Waals surface area (Å²) in [5, 5.41) is 13.0. The highest BCUT2D eigenvalue weighted by molar-refractivity contribution is 5.86. The highest BCUT2D eigenvalue weighted by Gasteiger charge is 2.42. The average Bonchev–Trinajstić information content (AvgIpc) is 3.01. The number of anilines is 1. The van der Waals surface area contributed by atoms with Crippen LogP contribution in [-0.4, -0.2) is 16.8 Å². The number of aryl methyl sites for hydroxylation is 1. The highest BCUT2D eigenvalue weighted by atomic mass is 16.6. The molecule has 2 N–H and O–H groups in total. The average molecular weight is 277 g/mol. The van der Waals surface area contributed by atoms with E-state index >= 15 is 0 Å². The first-order valence-electron chi connectivity index (χ1n) is 6.95. The lowest BCUT2D eigenvalue weighted by molar-refractivity contribution is 0.0635. The molecule has 2 rings (SSSR count). The van der Waals surface area contributed by atoms with Gasteiger partial charge in [-0.3, -0.25) is 5.32 Å². The van der Waals surface area contributed by atoms with Gasteiger partial charge in [0, 0.05) is 5.69 Å². The Kier molecular flexibility index (Phi) is 3.54. The van der Waals surface area contributed by atoms with Crippen LogP contribution in [0.4, 0.5) is 10.5 Å². The van der Waals surface area contributed by atoms with Gasteiger partial charge in [-0.2, -0.15) is 0 Å². The first kappa shape index (κ1) is 14.9. The van der Waals surface area contributed by atoms with E-state index < -0.39 is 17.3 Å². The number of ether oxygens (including phenoxy) is 1. The maximum Gasteiger partial charge on any atom is 0.412 e. The molecule has 0 radical (unpaired) electrons. The number of carbonyl (C=O) groups excluding carboxylic acids is 1. The number of hydrogen-bond acceptors (Lipinski definition) is 3. The minimum Gasteiger partial charge on any atom is -0.444 e. The predicted molar refractivity (Wildman–Crippen MR) is 78.9 cm³/mol. The molecular weight excluding hydrogens is 254 g/mol. The van der Waals surface area contributed by atoms with Crippen molar-refractivity contribution >= 4 is 11.8 Å². The van der Waals surface area contributed by atoms with Crippen molar-refractivity contribution in [2.45, 2.75) is 58.7 Å². The fourth-order valence-electron chi connectivity index (χ4n) is 2.08. The van der Waals surface area contributed by atoms with Crippen LogP contribution < -0.4 is 5.32 Å². The second kappa shape index (κ2) is 4.77. The zero-order valence-corrected chi connectivity index (χ0v) is 12.8. The first-order valence-corrected chi connectivity index (χ1v) is 6.95. The van der Waals surface area contributed by atoms with E-state index in [0.717, 1.165) is 29.5 Å². The van der Waals surface area contributed by atoms with E-state index in [2.05, 4.69) is 5.32 Å². The Labute approximate surface area is 120 Å². The van der Waals surface area contributed by atoms with Gasteiger partial charge in [-0.05, 0) is 70.2 Å². The highest BCUT2D eigenvalue weighted by Crippen LogP contribution is 2.46. The Morgan fingerprint density at radius 2 is 1.90 bits per heavy atom. The second-order valence-electron chi connectivity index (χ2n) is 6.62. The van der Waals surface area contributed by atoms with Crippen molar-refractivity contribution < 1.29 is 14.6 Å². The van der Waals surface area contributed by atoms with E-state index in [4.69, 9.17) is 4.74 Å². The molecule has 1 saturated carbocycles. The molecule has 0 unspecified atom stereocenters. The Morgan fingerprint density at radius 3 is 2.40 bits per heavy atom. The minimum atomic E-state index is -0.706. The van der Waals surface area contributed by atoms with Gasteiger partial charge in [-0.25, -0.2) is 4.79 Å². The van der Waals surface area contributed by atoms with Crippen LogP contribution in [0.3, 0.4) is 0 Å². The quantitative estimate of drug-likeness (QED) is 0.867. The van der Waals surface area contributed by atoms with Crippen LogP contribution in [0.15, 0.2) is 12.1 Å². The summed E-state index contributed by atoms with van der Waals surface area (Å²) in [6.45, 7) is 9.41. The maximum atomic E-state index is 11.9. The van der Waals surface area contributed by atoms with E-state index in [-0.39, 0.29) is 0 Å². The molecule has 1 aliphatic carbocycles. The molecule has 0 atom stereocenters. The van der Waals surface area contributed by atoms with Gasteiger partial charge < -0.3 is 9.84 Å². The third-order valence-corrected chi connectivity index (χ3v) is 3.56. The fourth-order valence-corrected chi connectivity index (χ4v) is 2.08. The van der Waals surface area contributed by atoms with Gasteiger partial charge in [0.05, 0.1) is 5.60 Å². The molecule has 0 bridgehead atoms. The Balaban J connectivity index is 2.23. The molecule has 1 amide bonds. The van der Waals surface area contributed by atoms with E-state index in [1.165, 1.54) is 0 Å². The van der Waals surface area contributed by atoms with Crippen LogP contribution in [-0.2, 0) is 10.3 Å². The monoisotopic (exact) mass is 277 g/mol. The normalized spacial score (nSPS) is 16.7. The number of benzene rings is 1. The van der Waals surface area contributed by atoms with Crippen molar-refractivity contribution in [2.75, 3.05) is 5.32 Å². The second-order valence-corrected chi connectivity index (χ2v) is 6.62. The van der Waals surface area contributed by atoms with Gasteiger partial charge >= 0.3 is 6.09 Å². The Morgan fingerprint density at radius 1 is 1.30 bits per heavy atom. The summed E-state index contributed by atoms with van der Waals surface area (Å²) in [7, 11) is 0. The fraction of sp³-hybridized carbons (Fsp3) is 0.562. The van der Waals surface area contributed by atoms with Crippen molar-refractivity contribution in [1.82, 2.24) is 0 Å². The SMILES string of the molecule is Cc1cc(C2(O)CC2)cc(NC(=O)OC(C)(C)C)c1C. The number of hydrogen-bond donors (Lipinski definition) is 2. The van der Waals surface area contributed by atoms with Crippen LogP contribution in [0, 0.1) is 13.8 Å². The van der Waals surface area contributed by atoms with Crippen LogP contribution >= 0.6 is 0 Å². The van der Waals surface area contributed by atoms with E-state index in [1.807, 2.05) is 46.8 Å². The zero-order chi connectivity index (χ0) is 15.1. The van der Waals surface area contributed by atoms with Crippen molar-refractivity contribution in [1.29, 1.82) is 0 Å². The lowest BCUT2D eigenvalue weighted by Gasteiger charge is -2.21. The molecule has 1 fully saturated rings. The van der Waals surface area contributed by atoms with Crippen molar-refractivity contribution in [3.63, 3.8) is 0 Å². The molecule has 20 heavy (non-hydrogen) atoms. The molecule has 110 valence electrons. The lowest BCUT2D eigenvalue weighted by atomic mass is 9.99. The summed E-state index contributed by atoms with van der Waals surface area (Å²) in [5.41, 5.74) is 2.38. The van der Waals surface area contributed by atoms with E-state index in [9.17, 15) is 9.90 Å². The lowest BCUT2D eigenvalue weighted by Crippen LogP contribution is -2.27. The standard InChI is InChI=1S/C16H23NO3/c1-10-8-12(16(19)6-7-16)9-13(11(10)2)17-14(18)20-15(3,4)5/h8-9,19H,6-7H2,1-5H3,(H,17,18). The predicted octanol–water partition coefficient (Wildman–Crippen LogP) is 3.63. The smallest absolute Gasteiger partial charge is 0.412 e. The van der Waals surface area contributed by atoms with Crippen molar-refractivity contribution in [3.8, 4) is 0 Å². The van der Waals surface area contributed by atoms with Gasteiger partial charge in [0.2, 0.25) is 0 Å². The van der Waals surface area contributed by atoms with Crippen LogP contribution in [0.25, 0.3) is 0 Å². The molecule has 4 heteroatoms. The Bertz CT molecular complexity index is 539. The third kappa shape index (κ3) is 3.31. The number of amides is 1. The Hall–Kier alpha value is -1.55. The van der Waals surface area contributed by atoms with Gasteiger partial charge in [-0.1, -0.05) is 6.07 Å². The molecule has 1 aromatic carbocycles. The van der Waals surface area contributed by atoms with E-state index in [1.54, 1.807) is 0 Å². The van der Waals surface area contributed by atoms with Crippen molar-refractivity contribution in [3.05, 3.63) is 28.8 Å². The molecule has 4 nitrogen and oxygen atoms in total. The molecule has 1 aliphatic rings. The third-order valence-electron chi connectivity index (χ3n) is 3.56. The minimum absolute atomic E-state index is 0.472. The zero-order valence-electron chi connectivity index (χ0n) is 12.8. The summed E-state index contributed by atoms with van der Waals surface area (Å²) in [5.74, 6) is 0. The van der Waals surface area contributed by atoms with Gasteiger partial charge in [-0.15, -0.1) is 0 Å². The van der Waals surface area contributed by atoms with E-state index in [0.29, 0.717) is 5.69 Å². The molecule has 1 aromatic rings. The van der Waals surface area contributed by atoms with Crippen LogP contribution in [0.2, 0.25) is 0 Å². The number of nitrogens with one attached hydrogen (secondary N) is 1. The van der Waals surface area contributed by atoms with Crippen molar-refractivity contribution in [2.24, 2.45) is 0 Å². The molecule has 0 aromatic heterocycles. The van der Waals surface area contributed by atoms with Gasteiger partial charge in [0.1, 0.15) is 5.60 Å². The first-order chi connectivity index (χ1) is 9.11. The summed E-state index contributed by atoms with van der Waals surface area (Å²) in [4.78, 5) is 11.9. The summed E-state index contributed by atoms with van der Waals surface area (Å²) < 4.78 is 5.27. The summed E-state index contributed by atoms with van der Waals surface area (Å²) in [6.07, 6.45) is 1.09. The summed E-state index contributed by atoms with van der Waals surface area (Å²) in [6, 6.07) is 3.84. The number of aliphatic hydroxyl groups is 1. The summed E-state index contributed by atoms with van der Waals surface area (Å²) >= 11 is 0.